The first-order valence-corrected chi connectivity index (χ1v) is 8.99. The lowest BCUT2D eigenvalue weighted by Crippen LogP contribution is -2.52. The third-order valence-electron chi connectivity index (χ3n) is 3.96. The Morgan fingerprint density at radius 1 is 1.35 bits per heavy atom. The van der Waals surface area contributed by atoms with Crippen LogP contribution in [0.4, 0.5) is 8.78 Å². The van der Waals surface area contributed by atoms with E-state index in [9.17, 15) is 22.0 Å². The Kier molecular flexibility index (Phi) is 5.69. The molecule has 0 aromatic heterocycles. The topological polar surface area (TPSA) is 75.3 Å². The first kappa shape index (κ1) is 17.8. The fraction of sp³-hybridized carbons (Fsp3) is 0.533. The van der Waals surface area contributed by atoms with Gasteiger partial charge in [0, 0.05) is 12.1 Å². The number of benzene rings is 1. The van der Waals surface area contributed by atoms with Gasteiger partial charge in [-0.25, -0.2) is 8.42 Å². The van der Waals surface area contributed by atoms with Crippen LogP contribution in [0.1, 0.15) is 25.3 Å². The van der Waals surface area contributed by atoms with Gasteiger partial charge in [0.2, 0.25) is 15.7 Å². The standard InChI is InChI=1S/C15H20F2N2O3S/c1-10-13(3-2-8-18-10)19-14(20)9-11-4-6-12(7-5-11)23(21,22)15(16)17/h4-7,10,13,15,18H,2-3,8-9H2,1H3,(H,19,20). The van der Waals surface area contributed by atoms with Crippen molar-refractivity contribution in [3.63, 3.8) is 0 Å². The van der Waals surface area contributed by atoms with Gasteiger partial charge >= 0.3 is 5.76 Å². The Morgan fingerprint density at radius 3 is 2.57 bits per heavy atom. The quantitative estimate of drug-likeness (QED) is 0.847. The minimum atomic E-state index is -4.59. The molecule has 1 aromatic carbocycles. The van der Waals surface area contributed by atoms with Crippen molar-refractivity contribution in [1.29, 1.82) is 0 Å². The van der Waals surface area contributed by atoms with Crippen LogP contribution < -0.4 is 10.6 Å². The minimum absolute atomic E-state index is 0.0646. The van der Waals surface area contributed by atoms with Gasteiger partial charge in [-0.05, 0) is 44.0 Å². The predicted molar refractivity (Wildman–Crippen MR) is 82.0 cm³/mol. The molecule has 1 fully saturated rings. The number of amides is 1. The highest BCUT2D eigenvalue weighted by atomic mass is 32.2. The molecule has 0 radical (unpaired) electrons. The number of sulfone groups is 1. The fourth-order valence-corrected chi connectivity index (χ4v) is 3.31. The van der Waals surface area contributed by atoms with Crippen LogP contribution in [0.3, 0.4) is 0 Å². The first-order chi connectivity index (χ1) is 10.8. The summed E-state index contributed by atoms with van der Waals surface area (Å²) in [5.74, 6) is -3.62. The van der Waals surface area contributed by atoms with Crippen molar-refractivity contribution in [2.24, 2.45) is 0 Å². The number of carbonyl (C=O) groups excluding carboxylic acids is 1. The Balaban J connectivity index is 1.97. The Bertz CT molecular complexity index is 647. The summed E-state index contributed by atoms with van der Waals surface area (Å²) in [5.41, 5.74) is 0.576. The summed E-state index contributed by atoms with van der Waals surface area (Å²) in [7, 11) is -4.59. The number of rotatable bonds is 5. The molecule has 23 heavy (non-hydrogen) atoms. The van der Waals surface area contributed by atoms with Gasteiger partial charge < -0.3 is 10.6 Å². The lowest BCUT2D eigenvalue weighted by Gasteiger charge is -2.30. The van der Waals surface area contributed by atoms with Crippen LogP contribution in [0.25, 0.3) is 0 Å². The molecule has 2 rings (SSSR count). The number of alkyl halides is 2. The molecular formula is C15H20F2N2O3S. The smallest absolute Gasteiger partial charge is 0.341 e. The molecule has 0 spiro atoms. The zero-order valence-corrected chi connectivity index (χ0v) is 13.6. The summed E-state index contributed by atoms with van der Waals surface area (Å²) in [6, 6.07) is 5.25. The SMILES string of the molecule is CC1NCCCC1NC(=O)Cc1ccc(S(=O)(=O)C(F)F)cc1. The Hall–Kier alpha value is -1.54. The summed E-state index contributed by atoms with van der Waals surface area (Å²) in [5, 5.41) is 6.22. The van der Waals surface area contributed by atoms with E-state index >= 15 is 0 Å². The zero-order chi connectivity index (χ0) is 17.0. The summed E-state index contributed by atoms with van der Waals surface area (Å²) < 4.78 is 47.6. The number of piperidine rings is 1. The van der Waals surface area contributed by atoms with E-state index in [-0.39, 0.29) is 24.4 Å². The highest BCUT2D eigenvalue weighted by Gasteiger charge is 2.26. The van der Waals surface area contributed by atoms with E-state index in [0.717, 1.165) is 31.5 Å². The van der Waals surface area contributed by atoms with Crippen molar-refractivity contribution >= 4 is 15.7 Å². The second-order valence-electron chi connectivity index (χ2n) is 5.69. The van der Waals surface area contributed by atoms with Gasteiger partial charge in [0.25, 0.3) is 0 Å². The van der Waals surface area contributed by atoms with Crippen molar-refractivity contribution in [1.82, 2.24) is 10.6 Å². The number of nitrogens with one attached hydrogen (secondary N) is 2. The molecule has 8 heteroatoms. The summed E-state index contributed by atoms with van der Waals surface area (Å²) in [6.07, 6.45) is 1.99. The molecule has 0 saturated carbocycles. The predicted octanol–water partition coefficient (Wildman–Crippen LogP) is 1.48. The maximum absolute atomic E-state index is 12.4. The molecule has 1 aliphatic rings. The van der Waals surface area contributed by atoms with Crippen LogP contribution in [0, 0.1) is 0 Å². The average Bonchev–Trinajstić information content (AvgIpc) is 2.50. The van der Waals surface area contributed by atoms with E-state index in [4.69, 9.17) is 0 Å². The molecule has 2 N–H and O–H groups in total. The molecule has 5 nitrogen and oxygen atoms in total. The van der Waals surface area contributed by atoms with Gasteiger partial charge in [-0.1, -0.05) is 12.1 Å². The number of carbonyl (C=O) groups is 1. The van der Waals surface area contributed by atoms with Crippen LogP contribution >= 0.6 is 0 Å². The molecule has 128 valence electrons. The molecule has 1 aromatic rings. The van der Waals surface area contributed by atoms with Gasteiger partial charge in [0.1, 0.15) is 0 Å². The highest BCUT2D eigenvalue weighted by molar-refractivity contribution is 7.91. The first-order valence-electron chi connectivity index (χ1n) is 7.44. The third kappa shape index (κ3) is 4.48. The normalized spacial score (nSPS) is 22.1. The molecular weight excluding hydrogens is 326 g/mol. The van der Waals surface area contributed by atoms with Crippen molar-refractivity contribution in [3.05, 3.63) is 29.8 Å². The van der Waals surface area contributed by atoms with E-state index in [1.54, 1.807) is 0 Å². The summed E-state index contributed by atoms with van der Waals surface area (Å²) >= 11 is 0. The minimum Gasteiger partial charge on any atom is -0.352 e. The molecule has 0 bridgehead atoms. The Morgan fingerprint density at radius 2 is 2.00 bits per heavy atom. The Labute approximate surface area is 134 Å². The van der Waals surface area contributed by atoms with Gasteiger partial charge in [-0.15, -0.1) is 0 Å². The van der Waals surface area contributed by atoms with Crippen molar-refractivity contribution in [2.45, 2.75) is 48.9 Å². The van der Waals surface area contributed by atoms with Crippen LogP contribution in [0.2, 0.25) is 0 Å². The lowest BCUT2D eigenvalue weighted by atomic mass is 9.99. The van der Waals surface area contributed by atoms with E-state index in [2.05, 4.69) is 10.6 Å². The van der Waals surface area contributed by atoms with Crippen LogP contribution in [0.15, 0.2) is 29.2 Å². The number of halogens is 2. The molecule has 1 saturated heterocycles. The third-order valence-corrected chi connectivity index (χ3v) is 5.36. The lowest BCUT2D eigenvalue weighted by molar-refractivity contribution is -0.121. The number of hydrogen-bond donors (Lipinski definition) is 2. The van der Waals surface area contributed by atoms with Crippen molar-refractivity contribution in [3.8, 4) is 0 Å². The maximum atomic E-state index is 12.4. The van der Waals surface area contributed by atoms with E-state index in [1.807, 2.05) is 6.92 Å². The van der Waals surface area contributed by atoms with Crippen LogP contribution in [0.5, 0.6) is 0 Å². The maximum Gasteiger partial charge on any atom is 0.341 e. The van der Waals surface area contributed by atoms with E-state index in [0.29, 0.717) is 5.56 Å². The second kappa shape index (κ2) is 7.35. The molecule has 1 amide bonds. The van der Waals surface area contributed by atoms with Gasteiger partial charge in [0.15, 0.2) is 0 Å². The van der Waals surface area contributed by atoms with Crippen LogP contribution in [-0.4, -0.2) is 38.7 Å². The molecule has 2 atom stereocenters. The average molecular weight is 346 g/mol. The fourth-order valence-electron chi connectivity index (χ4n) is 2.58. The zero-order valence-electron chi connectivity index (χ0n) is 12.8. The van der Waals surface area contributed by atoms with Crippen molar-refractivity contribution in [2.75, 3.05) is 6.54 Å². The summed E-state index contributed by atoms with van der Waals surface area (Å²) in [6.45, 7) is 2.95. The van der Waals surface area contributed by atoms with Gasteiger partial charge in [-0.2, -0.15) is 8.78 Å². The van der Waals surface area contributed by atoms with E-state index < -0.39 is 20.5 Å². The van der Waals surface area contributed by atoms with E-state index in [1.165, 1.54) is 12.1 Å². The largest absolute Gasteiger partial charge is 0.352 e. The highest BCUT2D eigenvalue weighted by Crippen LogP contribution is 2.19. The number of hydrogen-bond acceptors (Lipinski definition) is 4. The molecule has 1 heterocycles. The summed E-state index contributed by atoms with van der Waals surface area (Å²) in [4.78, 5) is 11.6. The second-order valence-corrected chi connectivity index (χ2v) is 7.60. The molecule has 0 aliphatic carbocycles. The van der Waals surface area contributed by atoms with Crippen molar-refractivity contribution < 1.29 is 22.0 Å². The van der Waals surface area contributed by atoms with Crippen LogP contribution in [-0.2, 0) is 21.1 Å². The monoisotopic (exact) mass is 346 g/mol. The van der Waals surface area contributed by atoms with Gasteiger partial charge in [0.05, 0.1) is 11.3 Å². The van der Waals surface area contributed by atoms with Gasteiger partial charge in [-0.3, -0.25) is 4.79 Å². The molecule has 1 aliphatic heterocycles. The molecule has 2 unspecified atom stereocenters.